The van der Waals surface area contributed by atoms with E-state index in [2.05, 4.69) is 73.3 Å². The van der Waals surface area contributed by atoms with Gasteiger partial charge in [-0.15, -0.1) is 23.8 Å². The molecule has 1 aliphatic heterocycles. The summed E-state index contributed by atoms with van der Waals surface area (Å²) in [6.45, 7) is 4.50. The van der Waals surface area contributed by atoms with Crippen LogP contribution in [-0.2, 0) is 26.5 Å². The van der Waals surface area contributed by atoms with Gasteiger partial charge in [0.25, 0.3) is 0 Å². The van der Waals surface area contributed by atoms with E-state index in [1.807, 2.05) is 48.7 Å². The van der Waals surface area contributed by atoms with Gasteiger partial charge in [-0.1, -0.05) is 74.0 Å². The maximum absolute atomic E-state index is 10.6. The molecule has 4 aromatic carbocycles. The summed E-state index contributed by atoms with van der Waals surface area (Å²) in [4.78, 5) is 11.9. The minimum absolute atomic E-state index is 0. The summed E-state index contributed by atoms with van der Waals surface area (Å²) < 4.78 is 5.70. The van der Waals surface area contributed by atoms with E-state index in [9.17, 15) is 5.11 Å². The van der Waals surface area contributed by atoms with Gasteiger partial charge in [0.2, 0.25) is 0 Å². The molecular formula is C36H28N3O2Pt-. The van der Waals surface area contributed by atoms with Crippen molar-refractivity contribution in [2.75, 3.05) is 12.0 Å². The number of para-hydroxylation sites is 2. The smallest absolute Gasteiger partial charge is 0.140 e. The quantitative estimate of drug-likeness (QED) is 0.184. The molecule has 0 spiro atoms. The van der Waals surface area contributed by atoms with Crippen LogP contribution in [0.15, 0.2) is 109 Å². The second kappa shape index (κ2) is 10.7. The average molecular weight is 730 g/mol. The number of hydrogen-bond donors (Lipinski definition) is 1. The third kappa shape index (κ3) is 4.45. The predicted octanol–water partition coefficient (Wildman–Crippen LogP) is 8.58. The Kier molecular flexibility index (Phi) is 7.08. The Labute approximate surface area is 259 Å². The number of methoxy groups -OCH3 is 1. The number of nitrogens with zero attached hydrogens (tertiary/aromatic N) is 3. The summed E-state index contributed by atoms with van der Waals surface area (Å²) in [5.41, 5.74) is 8.26. The average Bonchev–Trinajstić information content (AvgIpc) is 3.01. The molecule has 0 aliphatic carbocycles. The molecule has 6 heteroatoms. The summed E-state index contributed by atoms with van der Waals surface area (Å²) in [7, 11) is 1.63. The minimum Gasteiger partial charge on any atom is -0.506 e. The van der Waals surface area contributed by atoms with Crippen LogP contribution in [0.3, 0.4) is 0 Å². The SMILES string of the molecule is COc1cc(-c2[c-]c3c(cc2)C(C)(C)c2ccccc2N3c2cc(-c3ccccc3)ccn2)nc2c(O)cccc12.[Pt]. The van der Waals surface area contributed by atoms with Crippen molar-refractivity contribution < 1.29 is 30.9 Å². The molecule has 2 aromatic heterocycles. The van der Waals surface area contributed by atoms with Crippen LogP contribution in [0.2, 0.25) is 0 Å². The number of phenols is 1. The van der Waals surface area contributed by atoms with Crippen LogP contribution in [0.4, 0.5) is 17.2 Å². The molecule has 1 N–H and O–H groups in total. The van der Waals surface area contributed by atoms with Crippen LogP contribution >= 0.6 is 0 Å². The first-order valence-corrected chi connectivity index (χ1v) is 13.6. The van der Waals surface area contributed by atoms with Crippen molar-refractivity contribution in [2.45, 2.75) is 19.3 Å². The molecule has 0 bridgehead atoms. The second-order valence-corrected chi connectivity index (χ2v) is 10.8. The van der Waals surface area contributed by atoms with Crippen LogP contribution in [0.1, 0.15) is 25.0 Å². The van der Waals surface area contributed by atoms with Crippen molar-refractivity contribution in [3.8, 4) is 33.9 Å². The maximum atomic E-state index is 10.6. The number of rotatable bonds is 4. The Morgan fingerprint density at radius 1 is 0.810 bits per heavy atom. The fourth-order valence-corrected chi connectivity index (χ4v) is 5.87. The summed E-state index contributed by atoms with van der Waals surface area (Å²) in [5.74, 6) is 1.57. The Morgan fingerprint density at radius 2 is 1.60 bits per heavy atom. The molecule has 0 saturated heterocycles. The number of benzene rings is 4. The van der Waals surface area contributed by atoms with E-state index in [-0.39, 0.29) is 32.2 Å². The van der Waals surface area contributed by atoms with E-state index in [0.717, 1.165) is 44.8 Å². The maximum Gasteiger partial charge on any atom is 0.140 e. The van der Waals surface area contributed by atoms with Gasteiger partial charge in [-0.2, -0.15) is 0 Å². The van der Waals surface area contributed by atoms with E-state index in [1.54, 1.807) is 19.2 Å². The molecule has 6 aromatic rings. The molecular weight excluding hydrogens is 701 g/mol. The number of hydrogen-bond acceptors (Lipinski definition) is 5. The monoisotopic (exact) mass is 729 g/mol. The van der Waals surface area contributed by atoms with Gasteiger partial charge >= 0.3 is 0 Å². The predicted molar refractivity (Wildman–Crippen MR) is 164 cm³/mol. The van der Waals surface area contributed by atoms with Crippen molar-refractivity contribution >= 4 is 28.1 Å². The van der Waals surface area contributed by atoms with Gasteiger partial charge in [-0.25, -0.2) is 4.98 Å². The van der Waals surface area contributed by atoms with Crippen LogP contribution in [0.25, 0.3) is 33.3 Å². The fourth-order valence-electron chi connectivity index (χ4n) is 5.87. The largest absolute Gasteiger partial charge is 0.506 e. The van der Waals surface area contributed by atoms with Gasteiger partial charge in [0.1, 0.15) is 22.8 Å². The molecule has 0 fully saturated rings. The topological polar surface area (TPSA) is 58.5 Å². The number of aromatic nitrogens is 2. The van der Waals surface area contributed by atoms with E-state index in [1.165, 1.54) is 5.56 Å². The molecule has 5 nitrogen and oxygen atoms in total. The summed E-state index contributed by atoms with van der Waals surface area (Å²) >= 11 is 0. The molecule has 3 heterocycles. The van der Waals surface area contributed by atoms with Crippen LogP contribution in [0.5, 0.6) is 11.5 Å². The second-order valence-electron chi connectivity index (χ2n) is 10.8. The summed E-state index contributed by atoms with van der Waals surface area (Å²) in [6, 6.07) is 38.2. The fraction of sp³-hybridized carbons (Fsp3) is 0.111. The molecule has 1 aliphatic rings. The summed E-state index contributed by atoms with van der Waals surface area (Å²) in [6.07, 6.45) is 1.86. The summed E-state index contributed by atoms with van der Waals surface area (Å²) in [5, 5.41) is 11.4. The Bertz CT molecular complexity index is 1940. The Hall–Kier alpha value is -4.47. The van der Waals surface area contributed by atoms with Crippen molar-refractivity contribution in [3.63, 3.8) is 0 Å². The first kappa shape index (κ1) is 27.7. The number of aromatic hydroxyl groups is 1. The Morgan fingerprint density at radius 3 is 2.40 bits per heavy atom. The number of phenolic OH excluding ortho intramolecular Hbond substituents is 1. The van der Waals surface area contributed by atoms with Gasteiger partial charge in [-0.3, -0.25) is 4.98 Å². The van der Waals surface area contributed by atoms with Crippen molar-refractivity contribution in [2.24, 2.45) is 0 Å². The van der Waals surface area contributed by atoms with Gasteiger partial charge < -0.3 is 14.7 Å². The van der Waals surface area contributed by atoms with Gasteiger partial charge in [-0.05, 0) is 69.9 Å². The first-order valence-electron chi connectivity index (χ1n) is 13.6. The molecule has 0 radical (unpaired) electrons. The minimum atomic E-state index is -0.263. The van der Waals surface area contributed by atoms with E-state index in [4.69, 9.17) is 14.7 Å². The molecule has 210 valence electrons. The molecule has 0 atom stereocenters. The number of pyridine rings is 2. The molecule has 0 unspecified atom stereocenters. The van der Waals surface area contributed by atoms with E-state index < -0.39 is 0 Å². The standard InChI is InChI=1S/C36H28N3O2.Pt/c1-36(2)27-13-7-8-14-30(27)39(34-21-24(18-19-37-34)23-10-5-4-6-11-23)31-20-25(16-17-28(31)36)29-22-33(41-3)26-12-9-15-32(40)35(26)38-29;/h4-19,21-22,40H,1-3H3;/q-1;. The zero-order valence-electron chi connectivity index (χ0n) is 23.4. The van der Waals surface area contributed by atoms with Crippen molar-refractivity contribution in [1.82, 2.24) is 9.97 Å². The zero-order valence-corrected chi connectivity index (χ0v) is 25.7. The third-order valence-electron chi connectivity index (χ3n) is 8.00. The molecule has 7 rings (SSSR count). The first-order chi connectivity index (χ1) is 20.0. The number of fused-ring (bicyclic) bond motifs is 3. The number of anilines is 3. The third-order valence-corrected chi connectivity index (χ3v) is 8.00. The van der Waals surface area contributed by atoms with Crippen LogP contribution in [-0.4, -0.2) is 22.2 Å². The van der Waals surface area contributed by atoms with Gasteiger partial charge in [0, 0.05) is 38.3 Å². The zero-order chi connectivity index (χ0) is 28.1. The van der Waals surface area contributed by atoms with Crippen LogP contribution < -0.4 is 9.64 Å². The van der Waals surface area contributed by atoms with Crippen molar-refractivity contribution in [1.29, 1.82) is 0 Å². The molecule has 0 saturated carbocycles. The molecule has 42 heavy (non-hydrogen) atoms. The van der Waals surface area contributed by atoms with E-state index >= 15 is 0 Å². The molecule has 0 amide bonds. The van der Waals surface area contributed by atoms with Gasteiger partial charge in [0.15, 0.2) is 0 Å². The van der Waals surface area contributed by atoms with Crippen LogP contribution in [0, 0.1) is 6.07 Å². The normalized spacial score (nSPS) is 13.2. The number of ether oxygens (including phenoxy) is 1. The van der Waals surface area contributed by atoms with Gasteiger partial charge in [0.05, 0.1) is 7.11 Å². The van der Waals surface area contributed by atoms with Crippen molar-refractivity contribution in [3.05, 3.63) is 127 Å². The Balaban J connectivity index is 0.00000316. The van der Waals surface area contributed by atoms with E-state index in [0.29, 0.717) is 17.0 Å².